The van der Waals surface area contributed by atoms with Crippen LogP contribution in [0.1, 0.15) is 55.8 Å². The van der Waals surface area contributed by atoms with Crippen LogP contribution in [0.5, 0.6) is 0 Å². The number of carbonyl (C=O) groups excluding carboxylic acids is 1. The Morgan fingerprint density at radius 1 is 1.20 bits per heavy atom. The highest BCUT2D eigenvalue weighted by Crippen LogP contribution is 2.12. The molecule has 2 N–H and O–H groups in total. The minimum Gasteiger partial charge on any atom is -0.352 e. The fourth-order valence-corrected chi connectivity index (χ4v) is 2.29. The molecule has 4 nitrogen and oxygen atoms in total. The first kappa shape index (κ1) is 14.6. The lowest BCUT2D eigenvalue weighted by Crippen LogP contribution is -2.24. The highest BCUT2D eigenvalue weighted by molar-refractivity contribution is 5.97. The highest BCUT2D eigenvalue weighted by atomic mass is 16.1. The number of hydrogen-bond acceptors (Lipinski definition) is 2. The van der Waals surface area contributed by atoms with Crippen molar-refractivity contribution in [1.82, 2.24) is 15.5 Å². The Kier molecular flexibility index (Phi) is 5.59. The molecular weight excluding hydrogens is 250 g/mol. The number of nitrogens with zero attached hydrogens (tertiary/aromatic N) is 1. The molecule has 20 heavy (non-hydrogen) atoms. The summed E-state index contributed by atoms with van der Waals surface area (Å²) in [6.07, 6.45) is 9.17. The maximum absolute atomic E-state index is 12.0. The van der Waals surface area contributed by atoms with Crippen LogP contribution in [0.15, 0.2) is 24.4 Å². The molecule has 0 spiro atoms. The van der Waals surface area contributed by atoms with Crippen LogP contribution in [0.3, 0.4) is 0 Å². The SMILES string of the molecule is CCCCCCCCNC(=O)c1ccc2cn[nH]c2c1. The van der Waals surface area contributed by atoms with E-state index in [1.807, 2.05) is 18.2 Å². The van der Waals surface area contributed by atoms with E-state index in [1.165, 1.54) is 32.1 Å². The van der Waals surface area contributed by atoms with Gasteiger partial charge in [-0.3, -0.25) is 9.89 Å². The van der Waals surface area contributed by atoms with Gasteiger partial charge in [-0.2, -0.15) is 5.10 Å². The van der Waals surface area contributed by atoms with Gasteiger partial charge in [-0.25, -0.2) is 0 Å². The van der Waals surface area contributed by atoms with Crippen LogP contribution in [0, 0.1) is 0 Å². The third-order valence-corrected chi connectivity index (χ3v) is 3.52. The molecule has 4 heteroatoms. The van der Waals surface area contributed by atoms with Crippen molar-refractivity contribution < 1.29 is 4.79 Å². The maximum Gasteiger partial charge on any atom is 0.251 e. The molecular formula is C16H23N3O. The van der Waals surface area contributed by atoms with Crippen molar-refractivity contribution in [3.8, 4) is 0 Å². The van der Waals surface area contributed by atoms with Gasteiger partial charge in [0.15, 0.2) is 0 Å². The lowest BCUT2D eigenvalue weighted by atomic mass is 10.1. The third kappa shape index (κ3) is 4.08. The van der Waals surface area contributed by atoms with Gasteiger partial charge in [0.1, 0.15) is 0 Å². The minimum absolute atomic E-state index is 0.00458. The van der Waals surface area contributed by atoms with Gasteiger partial charge >= 0.3 is 0 Å². The number of unbranched alkanes of at least 4 members (excludes halogenated alkanes) is 5. The lowest BCUT2D eigenvalue weighted by Gasteiger charge is -2.05. The molecule has 0 unspecified atom stereocenters. The Balaban J connectivity index is 1.71. The van der Waals surface area contributed by atoms with Crippen LogP contribution in [-0.2, 0) is 0 Å². The molecule has 0 aliphatic heterocycles. The summed E-state index contributed by atoms with van der Waals surface area (Å²) in [4.78, 5) is 12.0. The number of amides is 1. The van der Waals surface area contributed by atoms with Crippen molar-refractivity contribution >= 4 is 16.8 Å². The predicted octanol–water partition coefficient (Wildman–Crippen LogP) is 3.65. The first-order chi connectivity index (χ1) is 9.81. The van der Waals surface area contributed by atoms with E-state index in [9.17, 15) is 4.79 Å². The zero-order chi connectivity index (χ0) is 14.2. The summed E-state index contributed by atoms with van der Waals surface area (Å²) >= 11 is 0. The van der Waals surface area contributed by atoms with E-state index in [4.69, 9.17) is 0 Å². The Bertz CT molecular complexity index is 547. The fourth-order valence-electron chi connectivity index (χ4n) is 2.29. The molecule has 0 aliphatic rings. The topological polar surface area (TPSA) is 57.8 Å². The van der Waals surface area contributed by atoms with Gasteiger partial charge in [-0.1, -0.05) is 45.1 Å². The van der Waals surface area contributed by atoms with Crippen LogP contribution in [0.25, 0.3) is 10.9 Å². The quantitative estimate of drug-likeness (QED) is 0.721. The van der Waals surface area contributed by atoms with Crippen LogP contribution >= 0.6 is 0 Å². The monoisotopic (exact) mass is 273 g/mol. The predicted molar refractivity (Wildman–Crippen MR) is 81.8 cm³/mol. The second-order valence-corrected chi connectivity index (χ2v) is 5.20. The molecule has 0 aliphatic carbocycles. The maximum atomic E-state index is 12.0. The van der Waals surface area contributed by atoms with E-state index in [2.05, 4.69) is 22.4 Å². The Morgan fingerprint density at radius 2 is 2.00 bits per heavy atom. The van der Waals surface area contributed by atoms with Gasteiger partial charge in [-0.15, -0.1) is 0 Å². The number of rotatable bonds is 8. The molecule has 1 aromatic heterocycles. The number of hydrogen-bond donors (Lipinski definition) is 2. The third-order valence-electron chi connectivity index (χ3n) is 3.52. The van der Waals surface area contributed by atoms with E-state index in [1.54, 1.807) is 6.20 Å². The molecule has 0 radical (unpaired) electrons. The van der Waals surface area contributed by atoms with Gasteiger partial charge in [0.05, 0.1) is 11.7 Å². The number of H-pyrrole nitrogens is 1. The molecule has 2 aromatic rings. The second kappa shape index (κ2) is 7.68. The summed E-state index contributed by atoms with van der Waals surface area (Å²) in [5.41, 5.74) is 1.59. The summed E-state index contributed by atoms with van der Waals surface area (Å²) in [5.74, 6) is -0.00458. The average Bonchev–Trinajstić information content (AvgIpc) is 2.93. The van der Waals surface area contributed by atoms with Crippen molar-refractivity contribution in [3.05, 3.63) is 30.0 Å². The number of fused-ring (bicyclic) bond motifs is 1. The molecule has 0 bridgehead atoms. The Hall–Kier alpha value is -1.84. The molecule has 0 fully saturated rings. The summed E-state index contributed by atoms with van der Waals surface area (Å²) in [5, 5.41) is 10.8. The average molecular weight is 273 g/mol. The Labute approximate surface area is 120 Å². The first-order valence-corrected chi connectivity index (χ1v) is 7.52. The van der Waals surface area contributed by atoms with E-state index in [0.29, 0.717) is 5.56 Å². The summed E-state index contributed by atoms with van der Waals surface area (Å²) in [6.45, 7) is 2.97. The van der Waals surface area contributed by atoms with Gasteiger partial charge in [-0.05, 0) is 18.6 Å². The summed E-state index contributed by atoms with van der Waals surface area (Å²) < 4.78 is 0. The number of benzene rings is 1. The number of aromatic amines is 1. The summed E-state index contributed by atoms with van der Waals surface area (Å²) in [6, 6.07) is 5.60. The van der Waals surface area contributed by atoms with Crippen molar-refractivity contribution in [2.45, 2.75) is 45.4 Å². The Morgan fingerprint density at radius 3 is 2.85 bits per heavy atom. The molecule has 1 heterocycles. The van der Waals surface area contributed by atoms with E-state index in [0.717, 1.165) is 23.9 Å². The largest absolute Gasteiger partial charge is 0.352 e. The molecule has 2 rings (SSSR count). The molecule has 1 amide bonds. The van der Waals surface area contributed by atoms with E-state index in [-0.39, 0.29) is 5.91 Å². The smallest absolute Gasteiger partial charge is 0.251 e. The van der Waals surface area contributed by atoms with E-state index < -0.39 is 0 Å². The molecule has 0 saturated heterocycles. The van der Waals surface area contributed by atoms with Crippen LogP contribution < -0.4 is 5.32 Å². The molecule has 108 valence electrons. The lowest BCUT2D eigenvalue weighted by molar-refractivity contribution is 0.0953. The molecule has 0 saturated carbocycles. The highest BCUT2D eigenvalue weighted by Gasteiger charge is 2.06. The number of aromatic nitrogens is 2. The molecule has 1 aromatic carbocycles. The van der Waals surface area contributed by atoms with Gasteiger partial charge < -0.3 is 5.32 Å². The zero-order valence-corrected chi connectivity index (χ0v) is 12.1. The minimum atomic E-state index is -0.00458. The fraction of sp³-hybridized carbons (Fsp3) is 0.500. The number of carbonyl (C=O) groups is 1. The number of nitrogens with one attached hydrogen (secondary N) is 2. The van der Waals surface area contributed by atoms with Crippen molar-refractivity contribution in [2.24, 2.45) is 0 Å². The van der Waals surface area contributed by atoms with E-state index >= 15 is 0 Å². The normalized spacial score (nSPS) is 10.8. The standard InChI is InChI=1S/C16H23N3O/c1-2-3-4-5-6-7-10-17-16(20)13-8-9-14-12-18-19-15(14)11-13/h8-9,11-12H,2-7,10H2,1H3,(H,17,20)(H,18,19). The van der Waals surface area contributed by atoms with Gasteiger partial charge in [0.2, 0.25) is 0 Å². The van der Waals surface area contributed by atoms with Crippen molar-refractivity contribution in [1.29, 1.82) is 0 Å². The van der Waals surface area contributed by atoms with Crippen LogP contribution in [0.4, 0.5) is 0 Å². The van der Waals surface area contributed by atoms with Gasteiger partial charge in [0.25, 0.3) is 5.91 Å². The first-order valence-electron chi connectivity index (χ1n) is 7.52. The van der Waals surface area contributed by atoms with Crippen molar-refractivity contribution in [2.75, 3.05) is 6.54 Å². The van der Waals surface area contributed by atoms with Crippen LogP contribution in [0.2, 0.25) is 0 Å². The summed E-state index contributed by atoms with van der Waals surface area (Å²) in [7, 11) is 0. The second-order valence-electron chi connectivity index (χ2n) is 5.20. The van der Waals surface area contributed by atoms with Crippen molar-refractivity contribution in [3.63, 3.8) is 0 Å². The zero-order valence-electron chi connectivity index (χ0n) is 12.1. The van der Waals surface area contributed by atoms with Crippen LogP contribution in [-0.4, -0.2) is 22.6 Å². The van der Waals surface area contributed by atoms with Gasteiger partial charge in [0, 0.05) is 17.5 Å². The molecule has 0 atom stereocenters.